The van der Waals surface area contributed by atoms with Crippen LogP contribution < -0.4 is 5.69 Å². The lowest BCUT2D eigenvalue weighted by molar-refractivity contribution is 0.922. The van der Waals surface area contributed by atoms with Gasteiger partial charge in [0.25, 0.3) is 0 Å². The second-order valence-corrected chi connectivity index (χ2v) is 4.20. The normalized spacial score (nSPS) is 10.5. The molecule has 17 heavy (non-hydrogen) atoms. The minimum Gasteiger partial charge on any atom is -0.310 e. The second-order valence-electron chi connectivity index (χ2n) is 4.20. The summed E-state index contributed by atoms with van der Waals surface area (Å²) in [6.45, 7) is 4.02. The zero-order valence-electron chi connectivity index (χ0n) is 10.2. The fourth-order valence-electron chi connectivity index (χ4n) is 1.90. The van der Waals surface area contributed by atoms with Crippen LogP contribution in [0.15, 0.2) is 35.1 Å². The van der Waals surface area contributed by atoms with Crippen molar-refractivity contribution in [3.05, 3.63) is 52.1 Å². The number of nitrogens with zero attached hydrogens (tertiary/aromatic N) is 1. The van der Waals surface area contributed by atoms with E-state index in [1.54, 1.807) is 0 Å². The van der Waals surface area contributed by atoms with Gasteiger partial charge in [-0.25, -0.2) is 4.79 Å². The van der Waals surface area contributed by atoms with E-state index in [1.165, 1.54) is 5.56 Å². The summed E-state index contributed by atoms with van der Waals surface area (Å²) >= 11 is 0. The van der Waals surface area contributed by atoms with Crippen molar-refractivity contribution in [3.8, 4) is 11.3 Å². The number of benzene rings is 1. The Balaban J connectivity index is 2.45. The number of hydrogen-bond acceptors (Lipinski definition) is 2. The molecule has 0 bridgehead atoms. The van der Waals surface area contributed by atoms with Gasteiger partial charge in [-0.3, -0.25) is 0 Å². The summed E-state index contributed by atoms with van der Waals surface area (Å²) in [6.07, 6.45) is 2.17. The van der Waals surface area contributed by atoms with Crippen LogP contribution in [0.3, 0.4) is 0 Å². The van der Waals surface area contributed by atoms with Gasteiger partial charge in [0.1, 0.15) is 0 Å². The van der Waals surface area contributed by atoms with Crippen molar-refractivity contribution < 1.29 is 0 Å². The van der Waals surface area contributed by atoms with Crippen molar-refractivity contribution in [2.45, 2.75) is 26.7 Å². The second kappa shape index (κ2) is 4.95. The highest BCUT2D eigenvalue weighted by Crippen LogP contribution is 2.18. The van der Waals surface area contributed by atoms with E-state index in [0.29, 0.717) is 0 Å². The van der Waals surface area contributed by atoms with E-state index in [2.05, 4.69) is 29.0 Å². The first-order valence-corrected chi connectivity index (χ1v) is 5.86. The van der Waals surface area contributed by atoms with Gasteiger partial charge in [0, 0.05) is 11.3 Å². The number of aromatic nitrogens is 2. The highest BCUT2D eigenvalue weighted by molar-refractivity contribution is 5.59. The molecule has 2 rings (SSSR count). The first-order valence-electron chi connectivity index (χ1n) is 5.86. The fourth-order valence-corrected chi connectivity index (χ4v) is 1.90. The summed E-state index contributed by atoms with van der Waals surface area (Å²) in [4.78, 5) is 18.0. The summed E-state index contributed by atoms with van der Waals surface area (Å²) in [7, 11) is 0. The van der Waals surface area contributed by atoms with Crippen LogP contribution in [0.25, 0.3) is 11.3 Å². The topological polar surface area (TPSA) is 45.8 Å². The molecule has 0 amide bonds. The van der Waals surface area contributed by atoms with Crippen LogP contribution in [0.4, 0.5) is 0 Å². The molecule has 3 heteroatoms. The molecule has 3 nitrogen and oxygen atoms in total. The molecule has 88 valence electrons. The van der Waals surface area contributed by atoms with Crippen LogP contribution in [0.2, 0.25) is 0 Å². The fraction of sp³-hybridized carbons (Fsp3) is 0.286. The highest BCUT2D eigenvalue weighted by atomic mass is 16.1. The average molecular weight is 228 g/mol. The summed E-state index contributed by atoms with van der Waals surface area (Å²) in [5.41, 5.74) is 3.57. The molecule has 0 spiro atoms. The minimum atomic E-state index is -0.291. The van der Waals surface area contributed by atoms with E-state index in [9.17, 15) is 4.79 Å². The Morgan fingerprint density at radius 3 is 2.82 bits per heavy atom. The summed E-state index contributed by atoms with van der Waals surface area (Å²) in [6, 6.07) is 10.1. The first-order chi connectivity index (χ1) is 8.19. The molecule has 1 N–H and O–H groups in total. The molecule has 0 atom stereocenters. The summed E-state index contributed by atoms with van der Waals surface area (Å²) < 4.78 is 0. The standard InChI is InChI=1S/C14H16N2O/c1-3-5-11-6-4-7-12(9-11)13-8-10(2)15-14(17)16-13/h4,6-9H,3,5H2,1-2H3,(H,15,16,17). The zero-order valence-corrected chi connectivity index (χ0v) is 10.2. The Morgan fingerprint density at radius 2 is 2.12 bits per heavy atom. The Bertz CT molecular complexity index is 572. The molecule has 2 aromatic rings. The maximum absolute atomic E-state index is 11.3. The average Bonchev–Trinajstić information content (AvgIpc) is 2.28. The van der Waals surface area contributed by atoms with Gasteiger partial charge < -0.3 is 4.98 Å². The van der Waals surface area contributed by atoms with Crippen molar-refractivity contribution in [1.29, 1.82) is 0 Å². The number of aromatic amines is 1. The van der Waals surface area contributed by atoms with E-state index >= 15 is 0 Å². The first kappa shape index (κ1) is 11.6. The molecule has 0 saturated heterocycles. The molecular formula is C14H16N2O. The third-order valence-electron chi connectivity index (χ3n) is 2.64. The van der Waals surface area contributed by atoms with Gasteiger partial charge in [-0.1, -0.05) is 31.5 Å². The smallest absolute Gasteiger partial charge is 0.310 e. The number of H-pyrrole nitrogens is 1. The maximum Gasteiger partial charge on any atom is 0.345 e. The van der Waals surface area contributed by atoms with Crippen LogP contribution in [-0.2, 0) is 6.42 Å². The highest BCUT2D eigenvalue weighted by Gasteiger charge is 2.02. The van der Waals surface area contributed by atoms with Crippen molar-refractivity contribution >= 4 is 0 Å². The predicted octanol–water partition coefficient (Wildman–Crippen LogP) is 2.70. The Labute approximate surface area is 101 Å². The van der Waals surface area contributed by atoms with E-state index in [4.69, 9.17) is 0 Å². The van der Waals surface area contributed by atoms with Crippen molar-refractivity contribution in [2.24, 2.45) is 0 Å². The number of rotatable bonds is 3. The monoisotopic (exact) mass is 228 g/mol. The number of hydrogen-bond donors (Lipinski definition) is 1. The van der Waals surface area contributed by atoms with Crippen LogP contribution in [0, 0.1) is 6.92 Å². The third-order valence-corrected chi connectivity index (χ3v) is 2.64. The van der Waals surface area contributed by atoms with E-state index in [-0.39, 0.29) is 5.69 Å². The molecule has 0 aliphatic heterocycles. The van der Waals surface area contributed by atoms with Crippen LogP contribution in [-0.4, -0.2) is 9.97 Å². The molecule has 1 aromatic heterocycles. The number of aryl methyl sites for hydroxylation is 2. The van der Waals surface area contributed by atoms with Gasteiger partial charge >= 0.3 is 5.69 Å². The quantitative estimate of drug-likeness (QED) is 0.877. The lowest BCUT2D eigenvalue weighted by Crippen LogP contribution is -2.11. The largest absolute Gasteiger partial charge is 0.345 e. The Hall–Kier alpha value is -1.90. The molecule has 0 saturated carbocycles. The summed E-state index contributed by atoms with van der Waals surface area (Å²) in [5.74, 6) is 0. The molecule has 0 aliphatic rings. The Kier molecular flexibility index (Phi) is 3.38. The molecule has 0 aliphatic carbocycles. The van der Waals surface area contributed by atoms with Crippen molar-refractivity contribution in [3.63, 3.8) is 0 Å². The van der Waals surface area contributed by atoms with Gasteiger partial charge in [0.15, 0.2) is 0 Å². The molecule has 0 fully saturated rings. The van der Waals surface area contributed by atoms with Crippen molar-refractivity contribution in [2.75, 3.05) is 0 Å². The Morgan fingerprint density at radius 1 is 1.29 bits per heavy atom. The van der Waals surface area contributed by atoms with E-state index in [0.717, 1.165) is 29.8 Å². The van der Waals surface area contributed by atoms with Gasteiger partial charge in [-0.2, -0.15) is 4.98 Å². The van der Waals surface area contributed by atoms with Crippen molar-refractivity contribution in [1.82, 2.24) is 9.97 Å². The molecule has 1 heterocycles. The molecule has 0 radical (unpaired) electrons. The minimum absolute atomic E-state index is 0.291. The SMILES string of the molecule is CCCc1cccc(-c2cc(C)[nH]c(=O)n2)c1. The lowest BCUT2D eigenvalue weighted by Gasteiger charge is -2.04. The predicted molar refractivity (Wildman–Crippen MR) is 69.0 cm³/mol. The molecular weight excluding hydrogens is 212 g/mol. The molecule has 0 unspecified atom stereocenters. The van der Waals surface area contributed by atoms with Crippen LogP contribution in [0.5, 0.6) is 0 Å². The summed E-state index contributed by atoms with van der Waals surface area (Å²) in [5, 5.41) is 0. The molecule has 1 aromatic carbocycles. The van der Waals surface area contributed by atoms with Gasteiger partial charge in [-0.05, 0) is 31.0 Å². The third kappa shape index (κ3) is 2.81. The van der Waals surface area contributed by atoms with Gasteiger partial charge in [0.05, 0.1) is 5.69 Å². The van der Waals surface area contributed by atoms with Gasteiger partial charge in [0.2, 0.25) is 0 Å². The zero-order chi connectivity index (χ0) is 12.3. The van der Waals surface area contributed by atoms with E-state index in [1.807, 2.05) is 25.1 Å². The van der Waals surface area contributed by atoms with Crippen LogP contribution in [0.1, 0.15) is 24.6 Å². The maximum atomic E-state index is 11.3. The van der Waals surface area contributed by atoms with Gasteiger partial charge in [-0.15, -0.1) is 0 Å². The van der Waals surface area contributed by atoms with Crippen LogP contribution >= 0.6 is 0 Å². The number of nitrogens with one attached hydrogen (secondary N) is 1. The van der Waals surface area contributed by atoms with E-state index < -0.39 is 0 Å². The lowest BCUT2D eigenvalue weighted by atomic mass is 10.0.